The van der Waals surface area contributed by atoms with Crippen molar-refractivity contribution in [3.63, 3.8) is 0 Å². The van der Waals surface area contributed by atoms with Crippen LogP contribution in [0, 0.1) is 0 Å². The molecule has 2 amide bonds. The maximum Gasteiger partial charge on any atom is 0.343 e. The molecule has 0 radical (unpaired) electrons. The Labute approximate surface area is 158 Å². The standard InChI is InChI=1S/C19H20N2O5S/c1-13(2)12-20-15-7-5-6-8-18(15)27(23,24)21(19(20)22)14-9-10-16(25-3)17(11-14)26-4/h5-11H,1,12H2,2-4H3. The van der Waals surface area contributed by atoms with E-state index in [4.69, 9.17) is 9.47 Å². The quantitative estimate of drug-likeness (QED) is 0.734. The number of ether oxygens (including phenoxy) is 2. The predicted molar refractivity (Wildman–Crippen MR) is 103 cm³/mol. The zero-order valence-corrected chi connectivity index (χ0v) is 16.1. The van der Waals surface area contributed by atoms with E-state index in [1.807, 2.05) is 0 Å². The van der Waals surface area contributed by atoms with E-state index in [0.29, 0.717) is 17.2 Å². The number of fused-ring (bicyclic) bond motifs is 1. The molecule has 2 aromatic carbocycles. The summed E-state index contributed by atoms with van der Waals surface area (Å²) in [6.45, 7) is 5.82. The molecule has 8 heteroatoms. The number of rotatable bonds is 5. The molecular weight excluding hydrogens is 368 g/mol. The summed E-state index contributed by atoms with van der Waals surface area (Å²) >= 11 is 0. The Hall–Kier alpha value is -3.00. The average molecular weight is 388 g/mol. The number of urea groups is 1. The molecule has 0 atom stereocenters. The summed E-state index contributed by atoms with van der Waals surface area (Å²) in [4.78, 5) is 14.6. The van der Waals surface area contributed by atoms with Gasteiger partial charge in [-0.2, -0.15) is 4.31 Å². The van der Waals surface area contributed by atoms with Gasteiger partial charge in [-0.05, 0) is 31.2 Å². The van der Waals surface area contributed by atoms with Gasteiger partial charge >= 0.3 is 6.03 Å². The summed E-state index contributed by atoms with van der Waals surface area (Å²) in [5.41, 5.74) is 1.23. The van der Waals surface area contributed by atoms with E-state index < -0.39 is 16.1 Å². The van der Waals surface area contributed by atoms with Crippen molar-refractivity contribution >= 4 is 27.4 Å². The third-order valence-electron chi connectivity index (χ3n) is 4.11. The van der Waals surface area contributed by atoms with Gasteiger partial charge in [0.1, 0.15) is 4.90 Å². The minimum Gasteiger partial charge on any atom is -0.493 e. The highest BCUT2D eigenvalue weighted by Crippen LogP contribution is 2.40. The Kier molecular flexibility index (Phi) is 4.84. The van der Waals surface area contributed by atoms with Crippen molar-refractivity contribution in [2.24, 2.45) is 0 Å². The van der Waals surface area contributed by atoms with Crippen molar-refractivity contribution in [2.75, 3.05) is 30.0 Å². The molecule has 7 nitrogen and oxygen atoms in total. The highest BCUT2D eigenvalue weighted by atomic mass is 32.2. The van der Waals surface area contributed by atoms with Gasteiger partial charge in [-0.3, -0.25) is 4.90 Å². The molecule has 3 rings (SSSR count). The van der Waals surface area contributed by atoms with Gasteiger partial charge in [0.2, 0.25) is 0 Å². The number of benzene rings is 2. The summed E-state index contributed by atoms with van der Waals surface area (Å²) in [5.74, 6) is 0.755. The average Bonchev–Trinajstić information content (AvgIpc) is 2.64. The van der Waals surface area contributed by atoms with Gasteiger partial charge in [-0.1, -0.05) is 24.3 Å². The highest BCUT2D eigenvalue weighted by molar-refractivity contribution is 7.94. The maximum absolute atomic E-state index is 13.2. The van der Waals surface area contributed by atoms with E-state index in [0.717, 1.165) is 9.88 Å². The molecule has 0 saturated carbocycles. The van der Waals surface area contributed by atoms with E-state index in [-0.39, 0.29) is 17.1 Å². The van der Waals surface area contributed by atoms with Crippen LogP contribution < -0.4 is 18.7 Å². The van der Waals surface area contributed by atoms with Crippen LogP contribution in [0.3, 0.4) is 0 Å². The summed E-state index contributed by atoms with van der Waals surface area (Å²) in [5, 5.41) is 0. The minimum absolute atomic E-state index is 0.0561. The number of nitrogens with zero attached hydrogens (tertiary/aromatic N) is 2. The van der Waals surface area contributed by atoms with Crippen molar-refractivity contribution in [3.8, 4) is 11.5 Å². The Morgan fingerprint density at radius 1 is 1.07 bits per heavy atom. The fraction of sp³-hybridized carbons (Fsp3) is 0.211. The third-order valence-corrected chi connectivity index (χ3v) is 5.86. The van der Waals surface area contributed by atoms with E-state index >= 15 is 0 Å². The molecule has 1 aliphatic heterocycles. The lowest BCUT2D eigenvalue weighted by molar-refractivity contribution is 0.254. The van der Waals surface area contributed by atoms with E-state index in [2.05, 4.69) is 6.58 Å². The number of anilines is 2. The van der Waals surface area contributed by atoms with Gasteiger partial charge in [-0.25, -0.2) is 13.2 Å². The molecule has 0 aliphatic carbocycles. The first-order chi connectivity index (χ1) is 12.8. The molecular formula is C19H20N2O5S. The Morgan fingerprint density at radius 2 is 1.74 bits per heavy atom. The lowest BCUT2D eigenvalue weighted by Gasteiger charge is -2.36. The summed E-state index contributed by atoms with van der Waals surface area (Å²) in [7, 11) is -1.16. The van der Waals surface area contributed by atoms with Crippen molar-refractivity contribution in [2.45, 2.75) is 11.8 Å². The monoisotopic (exact) mass is 388 g/mol. The SMILES string of the molecule is C=C(C)CN1C(=O)N(c2ccc(OC)c(OC)c2)S(=O)(=O)c2ccccc21. The molecule has 0 spiro atoms. The first-order valence-corrected chi connectivity index (χ1v) is 9.57. The van der Waals surface area contributed by atoms with Gasteiger partial charge < -0.3 is 9.47 Å². The molecule has 27 heavy (non-hydrogen) atoms. The van der Waals surface area contributed by atoms with Gasteiger partial charge in [0.25, 0.3) is 10.0 Å². The second-order valence-electron chi connectivity index (χ2n) is 6.10. The lowest BCUT2D eigenvalue weighted by Crippen LogP contribution is -2.51. The van der Waals surface area contributed by atoms with Crippen molar-refractivity contribution in [1.29, 1.82) is 0 Å². The number of carbonyl (C=O) groups is 1. The van der Waals surface area contributed by atoms with Crippen LogP contribution in [0.15, 0.2) is 59.5 Å². The smallest absolute Gasteiger partial charge is 0.343 e. The lowest BCUT2D eigenvalue weighted by atomic mass is 10.2. The van der Waals surface area contributed by atoms with Gasteiger partial charge in [0.05, 0.1) is 25.6 Å². The summed E-state index contributed by atoms with van der Waals surface area (Å²) in [6.07, 6.45) is 0. The summed E-state index contributed by atoms with van der Waals surface area (Å²) < 4.78 is 37.6. The first kappa shape index (κ1) is 18.8. The van der Waals surface area contributed by atoms with Crippen molar-refractivity contribution in [1.82, 2.24) is 0 Å². The Balaban J connectivity index is 2.21. The first-order valence-electron chi connectivity index (χ1n) is 8.13. The number of hydrogen-bond donors (Lipinski definition) is 0. The second kappa shape index (κ2) is 6.96. The topological polar surface area (TPSA) is 76.2 Å². The van der Waals surface area contributed by atoms with Crippen molar-refractivity contribution < 1.29 is 22.7 Å². The molecule has 1 aliphatic rings. The number of hydrogen-bond acceptors (Lipinski definition) is 5. The predicted octanol–water partition coefficient (Wildman–Crippen LogP) is 3.42. The second-order valence-corrected chi connectivity index (χ2v) is 7.86. The fourth-order valence-corrected chi connectivity index (χ4v) is 4.52. The maximum atomic E-state index is 13.2. The molecule has 2 aromatic rings. The normalized spacial score (nSPS) is 15.3. The fourth-order valence-electron chi connectivity index (χ4n) is 2.94. The van der Waals surface area contributed by atoms with E-state index in [9.17, 15) is 13.2 Å². The minimum atomic E-state index is -4.08. The van der Waals surface area contributed by atoms with Gasteiger partial charge in [0, 0.05) is 12.6 Å². The van der Waals surface area contributed by atoms with Crippen LogP contribution in [-0.4, -0.2) is 35.2 Å². The number of para-hydroxylation sites is 1. The molecule has 0 saturated heterocycles. The number of amides is 2. The Bertz CT molecular complexity index is 1020. The Morgan fingerprint density at radius 3 is 2.37 bits per heavy atom. The molecule has 142 valence electrons. The van der Waals surface area contributed by atoms with Crippen LogP contribution in [0.4, 0.5) is 16.2 Å². The number of methoxy groups -OCH3 is 2. The molecule has 0 aromatic heterocycles. The number of carbonyl (C=O) groups excluding carboxylic acids is 1. The largest absolute Gasteiger partial charge is 0.493 e. The highest BCUT2D eigenvalue weighted by Gasteiger charge is 2.42. The molecule has 0 N–H and O–H groups in total. The van der Waals surface area contributed by atoms with Crippen LogP contribution in [0.1, 0.15) is 6.92 Å². The zero-order valence-electron chi connectivity index (χ0n) is 15.3. The van der Waals surface area contributed by atoms with E-state index in [1.54, 1.807) is 31.2 Å². The van der Waals surface area contributed by atoms with Crippen LogP contribution in [0.25, 0.3) is 0 Å². The molecule has 1 heterocycles. The van der Waals surface area contributed by atoms with Crippen LogP contribution >= 0.6 is 0 Å². The third kappa shape index (κ3) is 3.12. The van der Waals surface area contributed by atoms with E-state index in [1.165, 1.54) is 37.3 Å². The van der Waals surface area contributed by atoms with Crippen LogP contribution in [0.2, 0.25) is 0 Å². The molecule has 0 bridgehead atoms. The van der Waals surface area contributed by atoms with Gasteiger partial charge in [-0.15, -0.1) is 0 Å². The van der Waals surface area contributed by atoms with Gasteiger partial charge in [0.15, 0.2) is 11.5 Å². The van der Waals surface area contributed by atoms with Crippen molar-refractivity contribution in [3.05, 3.63) is 54.6 Å². The molecule has 0 fully saturated rings. The number of sulfonamides is 1. The van der Waals surface area contributed by atoms with Crippen LogP contribution in [-0.2, 0) is 10.0 Å². The summed E-state index contributed by atoms with van der Waals surface area (Å²) in [6, 6.07) is 10.3. The molecule has 0 unspecified atom stereocenters. The van der Waals surface area contributed by atoms with Crippen LogP contribution in [0.5, 0.6) is 11.5 Å². The zero-order chi connectivity index (χ0) is 19.8.